The van der Waals surface area contributed by atoms with Crippen LogP contribution in [0.5, 0.6) is 5.75 Å². The molecule has 0 aromatic heterocycles. The van der Waals surface area contributed by atoms with Crippen molar-refractivity contribution in [3.63, 3.8) is 0 Å². The molecule has 2 fully saturated rings. The number of esters is 1. The number of nitro groups is 1. The molecule has 11 nitrogen and oxygen atoms in total. The summed E-state index contributed by atoms with van der Waals surface area (Å²) in [6.07, 6.45) is 2.07. The molecule has 0 spiro atoms. The molecule has 29 heavy (non-hydrogen) atoms. The van der Waals surface area contributed by atoms with Gasteiger partial charge in [0.05, 0.1) is 17.0 Å². The highest BCUT2D eigenvalue weighted by molar-refractivity contribution is 8.00. The zero-order valence-electron chi connectivity index (χ0n) is 15.1. The number of carbonyl (C=O) groups excluding carboxylic acids is 2. The van der Waals surface area contributed by atoms with E-state index in [0.717, 1.165) is 30.7 Å². The van der Waals surface area contributed by atoms with Crippen molar-refractivity contribution in [1.29, 1.82) is 0 Å². The van der Waals surface area contributed by atoms with Gasteiger partial charge in [-0.1, -0.05) is 6.42 Å². The van der Waals surface area contributed by atoms with Gasteiger partial charge in [0.2, 0.25) is 5.75 Å². The number of nitrogens with one attached hydrogen (secondary N) is 2. The number of urea groups is 1. The Morgan fingerprint density at radius 3 is 2.79 bits per heavy atom. The Morgan fingerprint density at radius 1 is 1.34 bits per heavy atom. The maximum atomic E-state index is 12.0. The van der Waals surface area contributed by atoms with Crippen LogP contribution in [0, 0.1) is 10.1 Å². The number of hydrogen-bond donors (Lipinski definition) is 3. The highest BCUT2D eigenvalue weighted by atomic mass is 32.2. The highest BCUT2D eigenvalue weighted by Crippen LogP contribution is 2.33. The van der Waals surface area contributed by atoms with E-state index in [1.54, 1.807) is 11.8 Å². The van der Waals surface area contributed by atoms with E-state index in [9.17, 15) is 28.1 Å². The van der Waals surface area contributed by atoms with E-state index in [0.29, 0.717) is 12.5 Å². The van der Waals surface area contributed by atoms with Crippen LogP contribution in [0.4, 0.5) is 10.5 Å². The van der Waals surface area contributed by atoms with Crippen LogP contribution in [-0.2, 0) is 14.9 Å². The monoisotopic (exact) mass is 445 g/mol. The first-order chi connectivity index (χ1) is 13.6. The molecule has 1 aromatic carbocycles. The maximum Gasteiger partial charge on any atom is 0.315 e. The van der Waals surface area contributed by atoms with Crippen molar-refractivity contribution in [2.24, 2.45) is 0 Å². The summed E-state index contributed by atoms with van der Waals surface area (Å²) in [5.41, 5.74) is -0.730. The molecule has 0 unspecified atom stereocenters. The molecule has 0 saturated carbocycles. The van der Waals surface area contributed by atoms with Crippen molar-refractivity contribution >= 4 is 39.6 Å². The van der Waals surface area contributed by atoms with Gasteiger partial charge < -0.3 is 15.4 Å². The van der Waals surface area contributed by atoms with E-state index in [1.165, 1.54) is 0 Å². The number of thioether (sulfide) groups is 1. The van der Waals surface area contributed by atoms with Crippen LogP contribution in [0.15, 0.2) is 23.1 Å². The molecule has 2 saturated heterocycles. The molecule has 3 rings (SSSR count). The summed E-state index contributed by atoms with van der Waals surface area (Å²) >= 11 is 1.77. The molecule has 3 N–H and O–H groups in total. The molecule has 2 aliphatic heterocycles. The largest absolute Gasteiger partial charge is 0.419 e. The van der Waals surface area contributed by atoms with Gasteiger partial charge >= 0.3 is 17.7 Å². The molecular weight excluding hydrogens is 426 g/mol. The topological polar surface area (TPSA) is 165 Å². The molecule has 3 atom stereocenters. The number of rotatable bonds is 8. The van der Waals surface area contributed by atoms with Gasteiger partial charge in [0.15, 0.2) is 0 Å². The number of unbranched alkanes of at least 4 members (excludes halogenated alkanes) is 1. The normalized spacial score (nSPS) is 23.2. The number of ether oxygens (including phenoxy) is 1. The van der Waals surface area contributed by atoms with Crippen molar-refractivity contribution in [2.45, 2.75) is 47.9 Å². The molecule has 2 heterocycles. The first-order valence-corrected chi connectivity index (χ1v) is 11.3. The van der Waals surface area contributed by atoms with Crippen LogP contribution in [0.25, 0.3) is 0 Å². The van der Waals surface area contributed by atoms with Crippen LogP contribution in [0.2, 0.25) is 0 Å². The van der Waals surface area contributed by atoms with Crippen molar-refractivity contribution in [3.8, 4) is 5.75 Å². The fraction of sp³-hybridized carbons (Fsp3) is 0.500. The van der Waals surface area contributed by atoms with Gasteiger partial charge in [0.25, 0.3) is 10.1 Å². The van der Waals surface area contributed by atoms with E-state index >= 15 is 0 Å². The molecule has 158 valence electrons. The molecule has 2 amide bonds. The molecule has 0 aliphatic carbocycles. The average Bonchev–Trinajstić information content (AvgIpc) is 3.17. The zero-order valence-corrected chi connectivity index (χ0v) is 16.7. The molecule has 0 radical (unpaired) electrons. The Hall–Kier alpha value is -2.38. The minimum absolute atomic E-state index is 0.0350. The third-order valence-electron chi connectivity index (χ3n) is 4.71. The molecule has 1 aromatic rings. The predicted molar refractivity (Wildman–Crippen MR) is 103 cm³/mol. The van der Waals surface area contributed by atoms with Crippen molar-refractivity contribution in [3.05, 3.63) is 28.3 Å². The summed E-state index contributed by atoms with van der Waals surface area (Å²) in [7, 11) is -4.62. The second kappa shape index (κ2) is 8.55. The number of amides is 2. The van der Waals surface area contributed by atoms with Crippen LogP contribution >= 0.6 is 11.8 Å². The van der Waals surface area contributed by atoms with Gasteiger partial charge in [-0.05, 0) is 25.0 Å². The van der Waals surface area contributed by atoms with Gasteiger partial charge in [-0.25, -0.2) is 4.79 Å². The van der Waals surface area contributed by atoms with Crippen LogP contribution < -0.4 is 15.4 Å². The minimum Gasteiger partial charge on any atom is -0.419 e. The number of carbonyl (C=O) groups is 2. The molecular formula is C16H19N3O8S2. The van der Waals surface area contributed by atoms with Crippen LogP contribution in [0.3, 0.4) is 0 Å². The Balaban J connectivity index is 1.49. The lowest BCUT2D eigenvalue weighted by atomic mass is 10.0. The highest BCUT2D eigenvalue weighted by Gasteiger charge is 2.42. The maximum absolute atomic E-state index is 12.0. The fourth-order valence-electron chi connectivity index (χ4n) is 3.32. The minimum atomic E-state index is -4.62. The zero-order chi connectivity index (χ0) is 21.2. The summed E-state index contributed by atoms with van der Waals surface area (Å²) < 4.78 is 36.2. The Labute approximate surface area is 170 Å². The third kappa shape index (κ3) is 5.16. The molecule has 13 heteroatoms. The second-order valence-electron chi connectivity index (χ2n) is 6.70. The van der Waals surface area contributed by atoms with Crippen LogP contribution in [0.1, 0.15) is 25.7 Å². The quantitative estimate of drug-likeness (QED) is 0.102. The first-order valence-electron chi connectivity index (χ1n) is 8.80. The van der Waals surface area contributed by atoms with E-state index in [4.69, 9.17) is 9.29 Å². The van der Waals surface area contributed by atoms with E-state index in [2.05, 4.69) is 10.6 Å². The number of nitrogens with zero attached hydrogens (tertiary/aromatic N) is 1. The van der Waals surface area contributed by atoms with E-state index in [1.807, 2.05) is 0 Å². The Bertz CT molecular complexity index is 936. The van der Waals surface area contributed by atoms with Gasteiger partial charge in [-0.3, -0.25) is 19.5 Å². The third-order valence-corrected chi connectivity index (χ3v) is 7.06. The summed E-state index contributed by atoms with van der Waals surface area (Å²) in [5.74, 6) is -0.221. The van der Waals surface area contributed by atoms with Crippen LogP contribution in [-0.4, -0.2) is 53.0 Å². The standard InChI is InChI=1S/C16H19N3O8S2/c20-14(4-2-1-3-13-15-10(8-28-13)17-16(21)18-15)27-12-6-5-9(29(24,25)26)7-11(12)19(22)23/h5-7,10,13,15H,1-4,8H2,(H2,17,18,21)(H,24,25,26)/t10-,13-,15-/m0/s1. The van der Waals surface area contributed by atoms with Gasteiger partial charge in [0.1, 0.15) is 4.90 Å². The lowest BCUT2D eigenvalue weighted by molar-refractivity contribution is -0.385. The summed E-state index contributed by atoms with van der Waals surface area (Å²) in [4.78, 5) is 32.9. The van der Waals surface area contributed by atoms with Crippen molar-refractivity contribution in [1.82, 2.24) is 10.6 Å². The molecule has 2 aliphatic rings. The predicted octanol–water partition coefficient (Wildman–Crippen LogP) is 1.47. The lowest BCUT2D eigenvalue weighted by Crippen LogP contribution is -2.36. The Morgan fingerprint density at radius 2 is 2.10 bits per heavy atom. The number of nitro benzene ring substituents is 1. The van der Waals surface area contributed by atoms with Crippen molar-refractivity contribution < 1.29 is 32.2 Å². The second-order valence-corrected chi connectivity index (χ2v) is 9.40. The smallest absolute Gasteiger partial charge is 0.315 e. The average molecular weight is 445 g/mol. The van der Waals surface area contributed by atoms with Gasteiger partial charge in [-0.15, -0.1) is 0 Å². The van der Waals surface area contributed by atoms with E-state index < -0.39 is 31.6 Å². The van der Waals surface area contributed by atoms with Gasteiger partial charge in [-0.2, -0.15) is 20.2 Å². The number of fused-ring (bicyclic) bond motifs is 1. The van der Waals surface area contributed by atoms with Gasteiger partial charge in [0, 0.05) is 23.5 Å². The van der Waals surface area contributed by atoms with Crippen molar-refractivity contribution in [2.75, 3.05) is 5.75 Å². The number of hydrogen-bond acceptors (Lipinski definition) is 8. The first kappa shape index (κ1) is 21.3. The number of benzene rings is 1. The fourth-order valence-corrected chi connectivity index (χ4v) is 5.36. The summed E-state index contributed by atoms with van der Waals surface area (Å²) in [5, 5.41) is 17.1. The summed E-state index contributed by atoms with van der Waals surface area (Å²) in [6, 6.07) is 2.58. The Kier molecular flexibility index (Phi) is 6.29. The molecule has 0 bridgehead atoms. The SMILES string of the molecule is O=C1N[C@H]2[C@H](CS[C@H]2CCCCC(=O)Oc2ccc(S(=O)(=O)O)cc2[N+](=O)[O-])N1. The van der Waals surface area contributed by atoms with E-state index in [-0.39, 0.29) is 35.5 Å². The lowest BCUT2D eigenvalue weighted by Gasteiger charge is -2.16. The summed E-state index contributed by atoms with van der Waals surface area (Å²) in [6.45, 7) is 0.